The summed E-state index contributed by atoms with van der Waals surface area (Å²) < 4.78 is 66.9. The van der Waals surface area contributed by atoms with Crippen molar-refractivity contribution in [2.75, 3.05) is 19.0 Å². The van der Waals surface area contributed by atoms with E-state index < -0.39 is 29.4 Å². The molecule has 1 amide bonds. The van der Waals surface area contributed by atoms with Crippen molar-refractivity contribution in [3.63, 3.8) is 0 Å². The fourth-order valence-corrected chi connectivity index (χ4v) is 4.29. The quantitative estimate of drug-likeness (QED) is 0.381. The van der Waals surface area contributed by atoms with Crippen molar-refractivity contribution in [3.8, 4) is 17.1 Å². The molecule has 3 aromatic rings. The van der Waals surface area contributed by atoms with Crippen LogP contribution in [0.4, 0.5) is 23.2 Å². The standard InChI is InChI=1S/C26H26F4N4O3/c1-15(14-36-2)37-25-32-12-17(13-33-25)24(35)34-23-19(20-11-18(27)3-4-21(20)28)7-10-31-22(23)16-5-8-26(29,30)9-6-16/h3-4,7,10-13,15-16H,5-6,8-9,14H2,1-2H3,(H,34,35)/t15-/m1/s1. The van der Waals surface area contributed by atoms with Gasteiger partial charge in [-0.05, 0) is 44.0 Å². The second-order valence-electron chi connectivity index (χ2n) is 8.97. The van der Waals surface area contributed by atoms with E-state index in [1.807, 2.05) is 0 Å². The molecule has 1 aromatic carbocycles. The van der Waals surface area contributed by atoms with Crippen molar-refractivity contribution in [2.45, 2.75) is 50.6 Å². The molecule has 4 rings (SSSR count). The molecule has 0 unspecified atom stereocenters. The van der Waals surface area contributed by atoms with Crippen LogP contribution in [0.15, 0.2) is 42.9 Å². The molecule has 0 bridgehead atoms. The van der Waals surface area contributed by atoms with Crippen LogP contribution in [0.2, 0.25) is 0 Å². The Balaban J connectivity index is 1.67. The van der Waals surface area contributed by atoms with Gasteiger partial charge in [-0.1, -0.05) is 0 Å². The molecule has 11 heteroatoms. The number of aromatic nitrogens is 3. The Morgan fingerprint density at radius 1 is 1.11 bits per heavy atom. The molecule has 7 nitrogen and oxygen atoms in total. The number of methoxy groups -OCH3 is 1. The Morgan fingerprint density at radius 3 is 2.49 bits per heavy atom. The van der Waals surface area contributed by atoms with Crippen molar-refractivity contribution >= 4 is 11.6 Å². The van der Waals surface area contributed by atoms with Gasteiger partial charge in [-0.3, -0.25) is 9.78 Å². The van der Waals surface area contributed by atoms with Gasteiger partial charge in [-0.15, -0.1) is 0 Å². The van der Waals surface area contributed by atoms with Crippen LogP contribution in [0.5, 0.6) is 6.01 Å². The third-order valence-electron chi connectivity index (χ3n) is 6.14. The van der Waals surface area contributed by atoms with Crippen LogP contribution >= 0.6 is 0 Å². The summed E-state index contributed by atoms with van der Waals surface area (Å²) in [5.74, 6) is -5.19. The van der Waals surface area contributed by atoms with Gasteiger partial charge in [0.25, 0.3) is 5.91 Å². The number of carbonyl (C=O) groups excluding carboxylic acids is 1. The minimum absolute atomic E-state index is 0.0498. The van der Waals surface area contributed by atoms with Gasteiger partial charge in [0.2, 0.25) is 5.92 Å². The summed E-state index contributed by atoms with van der Waals surface area (Å²) >= 11 is 0. The van der Waals surface area contributed by atoms with Gasteiger partial charge in [0.1, 0.15) is 17.7 Å². The molecule has 0 spiro atoms. The molecule has 1 aliphatic carbocycles. The summed E-state index contributed by atoms with van der Waals surface area (Å²) in [6.45, 7) is 2.09. The third kappa shape index (κ3) is 6.40. The van der Waals surface area contributed by atoms with Crippen LogP contribution in [0.25, 0.3) is 11.1 Å². The van der Waals surface area contributed by atoms with E-state index in [4.69, 9.17) is 9.47 Å². The minimum atomic E-state index is -2.77. The lowest BCUT2D eigenvalue weighted by Crippen LogP contribution is -2.25. The highest BCUT2D eigenvalue weighted by Crippen LogP contribution is 2.44. The van der Waals surface area contributed by atoms with Gasteiger partial charge in [0.15, 0.2) is 0 Å². The first-order valence-corrected chi connectivity index (χ1v) is 11.8. The van der Waals surface area contributed by atoms with E-state index in [-0.39, 0.29) is 60.2 Å². The zero-order valence-corrected chi connectivity index (χ0v) is 20.3. The summed E-state index contributed by atoms with van der Waals surface area (Å²) in [7, 11) is 1.53. The zero-order chi connectivity index (χ0) is 26.6. The number of benzene rings is 1. The third-order valence-corrected chi connectivity index (χ3v) is 6.14. The largest absolute Gasteiger partial charge is 0.458 e. The molecule has 1 N–H and O–H groups in total. The maximum atomic E-state index is 14.7. The number of pyridine rings is 1. The van der Waals surface area contributed by atoms with Gasteiger partial charge in [-0.2, -0.15) is 0 Å². The van der Waals surface area contributed by atoms with Gasteiger partial charge in [0.05, 0.1) is 23.6 Å². The topological polar surface area (TPSA) is 86.2 Å². The average molecular weight is 519 g/mol. The van der Waals surface area contributed by atoms with Crippen molar-refractivity contribution in [1.82, 2.24) is 15.0 Å². The van der Waals surface area contributed by atoms with E-state index in [1.54, 1.807) is 6.92 Å². The number of hydrogen-bond acceptors (Lipinski definition) is 6. The molecule has 2 heterocycles. The second kappa shape index (κ2) is 11.2. The number of rotatable bonds is 8. The molecular weight excluding hydrogens is 492 g/mol. The van der Waals surface area contributed by atoms with Crippen LogP contribution in [0.3, 0.4) is 0 Å². The molecule has 1 saturated carbocycles. The first-order valence-electron chi connectivity index (χ1n) is 11.8. The predicted octanol–water partition coefficient (Wildman–Crippen LogP) is 5.78. The Morgan fingerprint density at radius 2 is 1.81 bits per heavy atom. The maximum Gasteiger partial charge on any atom is 0.316 e. The Kier molecular flexibility index (Phi) is 8.01. The lowest BCUT2D eigenvalue weighted by atomic mass is 9.83. The SMILES string of the molecule is COC[C@@H](C)Oc1ncc(C(=O)Nc2c(-c3cc(F)ccc3F)ccnc2C2CCC(F)(F)CC2)cn1. The lowest BCUT2D eigenvalue weighted by Gasteiger charge is -2.29. The lowest BCUT2D eigenvalue weighted by molar-refractivity contribution is -0.0384. The normalized spacial score (nSPS) is 16.3. The number of anilines is 1. The highest BCUT2D eigenvalue weighted by Gasteiger charge is 2.37. The molecule has 0 aliphatic heterocycles. The zero-order valence-electron chi connectivity index (χ0n) is 20.3. The van der Waals surface area contributed by atoms with Crippen LogP contribution in [0, 0.1) is 11.6 Å². The van der Waals surface area contributed by atoms with E-state index in [0.717, 1.165) is 18.2 Å². The fraction of sp³-hybridized carbons (Fsp3) is 0.385. The highest BCUT2D eigenvalue weighted by atomic mass is 19.3. The van der Waals surface area contributed by atoms with Crippen molar-refractivity contribution < 1.29 is 31.8 Å². The maximum absolute atomic E-state index is 14.7. The summed E-state index contributed by atoms with van der Waals surface area (Å²) in [6.07, 6.45) is 3.21. The summed E-state index contributed by atoms with van der Waals surface area (Å²) in [5, 5.41) is 2.72. The Hall–Kier alpha value is -3.60. The molecule has 1 aliphatic rings. The van der Waals surface area contributed by atoms with E-state index >= 15 is 0 Å². The number of nitrogens with zero attached hydrogens (tertiary/aromatic N) is 3. The fourth-order valence-electron chi connectivity index (χ4n) is 4.29. The number of halogens is 4. The monoisotopic (exact) mass is 518 g/mol. The van der Waals surface area contributed by atoms with Gasteiger partial charge in [-0.25, -0.2) is 27.5 Å². The molecule has 37 heavy (non-hydrogen) atoms. The summed E-state index contributed by atoms with van der Waals surface area (Å²) in [6, 6.07) is 4.47. The smallest absolute Gasteiger partial charge is 0.316 e. The molecular formula is C26H26F4N4O3. The van der Waals surface area contributed by atoms with E-state index in [9.17, 15) is 22.4 Å². The number of carbonyl (C=O) groups is 1. The number of amides is 1. The predicted molar refractivity (Wildman–Crippen MR) is 128 cm³/mol. The van der Waals surface area contributed by atoms with Gasteiger partial charge < -0.3 is 14.8 Å². The Bertz CT molecular complexity index is 1250. The van der Waals surface area contributed by atoms with Crippen LogP contribution in [-0.4, -0.2) is 46.6 Å². The average Bonchev–Trinajstić information content (AvgIpc) is 2.86. The minimum Gasteiger partial charge on any atom is -0.458 e. The van der Waals surface area contributed by atoms with E-state index in [0.29, 0.717) is 12.3 Å². The highest BCUT2D eigenvalue weighted by molar-refractivity contribution is 6.06. The first-order chi connectivity index (χ1) is 17.7. The summed E-state index contributed by atoms with van der Waals surface area (Å²) in [4.78, 5) is 25.6. The van der Waals surface area contributed by atoms with E-state index in [2.05, 4.69) is 20.3 Å². The summed E-state index contributed by atoms with van der Waals surface area (Å²) in [5.41, 5.74) is 0.622. The molecule has 1 fully saturated rings. The molecule has 0 radical (unpaired) electrons. The van der Waals surface area contributed by atoms with Crippen LogP contribution in [0.1, 0.15) is 54.6 Å². The Labute approximate surface area is 211 Å². The van der Waals surface area contributed by atoms with Crippen molar-refractivity contribution in [3.05, 3.63) is 65.7 Å². The number of nitrogens with one attached hydrogen (secondary N) is 1. The van der Waals surface area contributed by atoms with Crippen molar-refractivity contribution in [2.24, 2.45) is 0 Å². The number of alkyl halides is 2. The molecule has 1 atom stereocenters. The van der Waals surface area contributed by atoms with Crippen molar-refractivity contribution in [1.29, 1.82) is 0 Å². The van der Waals surface area contributed by atoms with E-state index in [1.165, 1.54) is 31.8 Å². The van der Waals surface area contributed by atoms with Crippen LogP contribution in [-0.2, 0) is 4.74 Å². The number of hydrogen-bond donors (Lipinski definition) is 1. The molecule has 0 saturated heterocycles. The number of ether oxygens (including phenoxy) is 2. The first kappa shape index (κ1) is 26.5. The molecule has 2 aromatic heterocycles. The second-order valence-corrected chi connectivity index (χ2v) is 8.97. The van der Waals surface area contributed by atoms with Gasteiger partial charge in [0, 0.05) is 55.6 Å². The molecule has 196 valence electrons. The van der Waals surface area contributed by atoms with Crippen LogP contribution < -0.4 is 10.1 Å². The van der Waals surface area contributed by atoms with Gasteiger partial charge >= 0.3 is 6.01 Å².